The van der Waals surface area contributed by atoms with E-state index in [4.69, 9.17) is 13.9 Å². The number of halogens is 1. The zero-order valence-electron chi connectivity index (χ0n) is 12.7. The van der Waals surface area contributed by atoms with Crippen molar-refractivity contribution in [1.82, 2.24) is 10.2 Å². The van der Waals surface area contributed by atoms with Crippen LogP contribution in [0.25, 0.3) is 11.5 Å². The Morgan fingerprint density at radius 3 is 2.67 bits per heavy atom. The van der Waals surface area contributed by atoms with Crippen molar-refractivity contribution in [3.8, 4) is 17.2 Å². The highest BCUT2D eigenvalue weighted by Gasteiger charge is 2.15. The van der Waals surface area contributed by atoms with Crippen molar-refractivity contribution in [2.24, 2.45) is 0 Å². The monoisotopic (exact) mass is 388 g/mol. The van der Waals surface area contributed by atoms with Crippen molar-refractivity contribution >= 4 is 21.9 Å². The highest BCUT2D eigenvalue weighted by atomic mass is 79.9. The Morgan fingerprint density at radius 1 is 1.12 bits per heavy atom. The molecule has 0 amide bonds. The smallest absolute Gasteiger partial charge is 0.341 e. The Kier molecular flexibility index (Phi) is 4.90. The lowest BCUT2D eigenvalue weighted by Crippen LogP contribution is -2.05. The molecule has 24 heavy (non-hydrogen) atoms. The van der Waals surface area contributed by atoms with Crippen molar-refractivity contribution in [2.75, 3.05) is 7.11 Å². The largest absolute Gasteiger partial charge is 0.483 e. The quantitative estimate of drug-likeness (QED) is 0.617. The molecule has 0 radical (unpaired) electrons. The van der Waals surface area contributed by atoms with Crippen LogP contribution in [0, 0.1) is 0 Å². The third-order valence-electron chi connectivity index (χ3n) is 3.21. The molecule has 0 atom stereocenters. The molecular weight excluding hydrogens is 376 g/mol. The van der Waals surface area contributed by atoms with Crippen LogP contribution in [0.4, 0.5) is 0 Å². The van der Waals surface area contributed by atoms with E-state index in [1.54, 1.807) is 24.3 Å². The van der Waals surface area contributed by atoms with Crippen molar-refractivity contribution in [2.45, 2.75) is 6.61 Å². The van der Waals surface area contributed by atoms with Crippen molar-refractivity contribution in [3.63, 3.8) is 0 Å². The lowest BCUT2D eigenvalue weighted by Gasteiger charge is -2.07. The van der Waals surface area contributed by atoms with E-state index in [0.29, 0.717) is 23.1 Å². The SMILES string of the molecule is COC(=O)c1ccccc1OCc1nnc(-c2ccccc2Br)o1. The van der Waals surface area contributed by atoms with Gasteiger partial charge in [0.05, 0.1) is 12.7 Å². The molecule has 1 heterocycles. The van der Waals surface area contributed by atoms with E-state index in [-0.39, 0.29) is 6.61 Å². The zero-order chi connectivity index (χ0) is 16.9. The Hall–Kier alpha value is -2.67. The van der Waals surface area contributed by atoms with Gasteiger partial charge >= 0.3 is 5.97 Å². The van der Waals surface area contributed by atoms with Gasteiger partial charge in [-0.25, -0.2) is 4.79 Å². The van der Waals surface area contributed by atoms with Gasteiger partial charge in [0.2, 0.25) is 5.89 Å². The van der Waals surface area contributed by atoms with Crippen LogP contribution < -0.4 is 4.74 Å². The number of nitrogens with zero attached hydrogens (tertiary/aromatic N) is 2. The van der Waals surface area contributed by atoms with Gasteiger partial charge < -0.3 is 13.9 Å². The molecular formula is C17H13BrN2O4. The number of carbonyl (C=O) groups is 1. The first-order valence-corrected chi connectivity index (χ1v) is 7.85. The fraction of sp³-hybridized carbons (Fsp3) is 0.118. The van der Waals surface area contributed by atoms with Crippen molar-refractivity contribution < 1.29 is 18.7 Å². The van der Waals surface area contributed by atoms with Gasteiger partial charge in [-0.05, 0) is 40.2 Å². The van der Waals surface area contributed by atoms with Gasteiger partial charge in [0.25, 0.3) is 5.89 Å². The minimum absolute atomic E-state index is 0.0471. The number of hydrogen-bond acceptors (Lipinski definition) is 6. The number of carbonyl (C=O) groups excluding carboxylic acids is 1. The molecule has 2 aromatic carbocycles. The molecule has 0 aliphatic carbocycles. The van der Waals surface area contributed by atoms with E-state index in [2.05, 4.69) is 26.1 Å². The molecule has 0 fully saturated rings. The van der Waals surface area contributed by atoms with Crippen LogP contribution in [-0.2, 0) is 11.3 Å². The van der Waals surface area contributed by atoms with E-state index in [9.17, 15) is 4.79 Å². The second-order valence-electron chi connectivity index (χ2n) is 4.76. The molecule has 3 rings (SSSR count). The molecule has 0 aliphatic heterocycles. The molecule has 1 aromatic heterocycles. The van der Waals surface area contributed by atoms with Crippen LogP contribution in [0.2, 0.25) is 0 Å². The highest BCUT2D eigenvalue weighted by Crippen LogP contribution is 2.27. The minimum Gasteiger partial charge on any atom is -0.483 e. The molecule has 0 N–H and O–H groups in total. The van der Waals surface area contributed by atoms with Gasteiger partial charge in [-0.3, -0.25) is 0 Å². The number of esters is 1. The van der Waals surface area contributed by atoms with Gasteiger partial charge in [-0.2, -0.15) is 0 Å². The van der Waals surface area contributed by atoms with Crippen LogP contribution in [0.15, 0.2) is 57.4 Å². The summed E-state index contributed by atoms with van der Waals surface area (Å²) in [5.74, 6) is 0.623. The first-order chi connectivity index (χ1) is 11.7. The standard InChI is InChI=1S/C17H13BrN2O4/c1-22-17(21)12-7-3-5-9-14(12)23-10-15-19-20-16(24-15)11-6-2-4-8-13(11)18/h2-9H,10H2,1H3. The molecule has 0 aliphatic rings. The minimum atomic E-state index is -0.468. The summed E-state index contributed by atoms with van der Waals surface area (Å²) in [7, 11) is 1.32. The lowest BCUT2D eigenvalue weighted by atomic mass is 10.2. The molecule has 0 saturated carbocycles. The molecule has 122 valence electrons. The number of methoxy groups -OCH3 is 1. The van der Waals surface area contributed by atoms with Gasteiger partial charge in [0.15, 0.2) is 6.61 Å². The number of para-hydroxylation sites is 1. The Morgan fingerprint density at radius 2 is 1.88 bits per heavy atom. The molecule has 0 saturated heterocycles. The normalized spacial score (nSPS) is 10.4. The maximum absolute atomic E-state index is 11.7. The van der Waals surface area contributed by atoms with Gasteiger partial charge in [-0.1, -0.05) is 24.3 Å². The van der Waals surface area contributed by atoms with Gasteiger partial charge in [0, 0.05) is 4.47 Å². The topological polar surface area (TPSA) is 74.5 Å². The second kappa shape index (κ2) is 7.27. The average molecular weight is 389 g/mol. The van der Waals surface area contributed by atoms with Crippen molar-refractivity contribution in [1.29, 1.82) is 0 Å². The summed E-state index contributed by atoms with van der Waals surface area (Å²) < 4.78 is 16.8. The summed E-state index contributed by atoms with van der Waals surface area (Å²) in [6.07, 6.45) is 0. The number of aromatic nitrogens is 2. The Labute approximate surface area is 146 Å². The van der Waals surface area contributed by atoms with E-state index in [1.165, 1.54) is 7.11 Å². The summed E-state index contributed by atoms with van der Waals surface area (Å²) in [6, 6.07) is 14.3. The van der Waals surface area contributed by atoms with Crippen LogP contribution in [0.3, 0.4) is 0 Å². The Bertz CT molecular complexity index is 863. The summed E-state index contributed by atoms with van der Waals surface area (Å²) >= 11 is 3.44. The van der Waals surface area contributed by atoms with E-state index in [1.807, 2.05) is 24.3 Å². The predicted octanol–water partition coefficient (Wildman–Crippen LogP) is 3.86. The van der Waals surface area contributed by atoms with E-state index in [0.717, 1.165) is 10.0 Å². The third kappa shape index (κ3) is 3.46. The molecule has 7 heteroatoms. The lowest BCUT2D eigenvalue weighted by molar-refractivity contribution is 0.0595. The maximum atomic E-state index is 11.7. The molecule has 0 spiro atoms. The number of hydrogen-bond donors (Lipinski definition) is 0. The van der Waals surface area contributed by atoms with Crippen LogP contribution in [0.1, 0.15) is 16.2 Å². The van der Waals surface area contributed by atoms with Crippen LogP contribution in [-0.4, -0.2) is 23.3 Å². The summed E-state index contributed by atoms with van der Waals surface area (Å²) in [4.78, 5) is 11.7. The molecule has 0 bridgehead atoms. The first kappa shape index (κ1) is 16.2. The zero-order valence-corrected chi connectivity index (χ0v) is 14.3. The van der Waals surface area contributed by atoms with Crippen LogP contribution >= 0.6 is 15.9 Å². The number of ether oxygens (including phenoxy) is 2. The first-order valence-electron chi connectivity index (χ1n) is 7.06. The summed E-state index contributed by atoms with van der Waals surface area (Å²) in [6.45, 7) is 0.0471. The summed E-state index contributed by atoms with van der Waals surface area (Å²) in [5, 5.41) is 7.98. The molecule has 3 aromatic rings. The Balaban J connectivity index is 1.75. The van der Waals surface area contributed by atoms with Gasteiger partial charge in [-0.15, -0.1) is 10.2 Å². The molecule has 6 nitrogen and oxygen atoms in total. The van der Waals surface area contributed by atoms with Crippen LogP contribution in [0.5, 0.6) is 5.75 Å². The maximum Gasteiger partial charge on any atom is 0.341 e. The second-order valence-corrected chi connectivity index (χ2v) is 5.61. The van der Waals surface area contributed by atoms with Gasteiger partial charge in [0.1, 0.15) is 11.3 Å². The van der Waals surface area contributed by atoms with E-state index < -0.39 is 5.97 Å². The fourth-order valence-electron chi connectivity index (χ4n) is 2.07. The predicted molar refractivity (Wildman–Crippen MR) is 89.5 cm³/mol. The van der Waals surface area contributed by atoms with Crippen molar-refractivity contribution in [3.05, 3.63) is 64.5 Å². The highest BCUT2D eigenvalue weighted by molar-refractivity contribution is 9.10. The molecule has 0 unspecified atom stereocenters. The fourth-order valence-corrected chi connectivity index (χ4v) is 2.52. The number of benzene rings is 2. The number of rotatable bonds is 5. The van der Waals surface area contributed by atoms with E-state index >= 15 is 0 Å². The summed E-state index contributed by atoms with van der Waals surface area (Å²) in [5.41, 5.74) is 1.14. The third-order valence-corrected chi connectivity index (χ3v) is 3.91. The average Bonchev–Trinajstić information content (AvgIpc) is 3.08.